The number of carbonyl (C=O) groups is 1. The monoisotopic (exact) mass is 285 g/mol. The summed E-state index contributed by atoms with van der Waals surface area (Å²) in [7, 11) is -3.06. The highest BCUT2D eigenvalue weighted by Crippen LogP contribution is 2.14. The number of hydrogen-bond donors (Lipinski definition) is 2. The van der Waals surface area contributed by atoms with Gasteiger partial charge in [-0.3, -0.25) is 9.78 Å². The SMILES string of the molecule is CC1CS(=O)(=O)CCN1C(=O)c1cncc(NN)n1. The van der Waals surface area contributed by atoms with Crippen LogP contribution < -0.4 is 11.3 Å². The van der Waals surface area contributed by atoms with Crippen molar-refractivity contribution in [3.05, 3.63) is 18.1 Å². The number of carbonyl (C=O) groups excluding carboxylic acids is 1. The van der Waals surface area contributed by atoms with Crippen LogP contribution in [0, 0.1) is 0 Å². The number of nitrogens with one attached hydrogen (secondary N) is 1. The number of sulfone groups is 1. The quantitative estimate of drug-likeness (QED) is 0.529. The molecule has 1 aliphatic heterocycles. The maximum Gasteiger partial charge on any atom is 0.274 e. The first kappa shape index (κ1) is 13.7. The van der Waals surface area contributed by atoms with Crippen molar-refractivity contribution in [1.82, 2.24) is 14.9 Å². The van der Waals surface area contributed by atoms with Crippen molar-refractivity contribution >= 4 is 21.6 Å². The zero-order chi connectivity index (χ0) is 14.0. The second kappa shape index (κ2) is 5.10. The average molecular weight is 285 g/mol. The lowest BCUT2D eigenvalue weighted by Gasteiger charge is -2.32. The Balaban J connectivity index is 2.20. The Labute approximate surface area is 110 Å². The van der Waals surface area contributed by atoms with Crippen LogP contribution in [0.25, 0.3) is 0 Å². The highest BCUT2D eigenvalue weighted by molar-refractivity contribution is 7.91. The first-order chi connectivity index (χ1) is 8.93. The molecule has 2 heterocycles. The molecule has 9 heteroatoms. The van der Waals surface area contributed by atoms with Crippen LogP contribution in [0.5, 0.6) is 0 Å². The first-order valence-corrected chi connectivity index (χ1v) is 7.55. The molecule has 1 unspecified atom stereocenters. The molecule has 1 fully saturated rings. The predicted octanol–water partition coefficient (Wildman–Crippen LogP) is -0.979. The highest BCUT2D eigenvalue weighted by atomic mass is 32.2. The van der Waals surface area contributed by atoms with E-state index in [4.69, 9.17) is 5.84 Å². The molecule has 0 aliphatic carbocycles. The molecule has 0 aromatic carbocycles. The molecule has 1 aromatic rings. The van der Waals surface area contributed by atoms with Crippen LogP contribution in [-0.2, 0) is 9.84 Å². The Kier molecular flexibility index (Phi) is 3.67. The summed E-state index contributed by atoms with van der Waals surface area (Å²) in [5.74, 6) is 5.09. The standard InChI is InChI=1S/C10H15N5O3S/c1-7-6-19(17,18)3-2-15(7)10(16)8-4-12-5-9(13-8)14-11/h4-5,7H,2-3,6,11H2,1H3,(H,13,14). The molecule has 0 spiro atoms. The molecule has 8 nitrogen and oxygen atoms in total. The lowest BCUT2D eigenvalue weighted by Crippen LogP contribution is -2.50. The number of aromatic nitrogens is 2. The summed E-state index contributed by atoms with van der Waals surface area (Å²) in [6.07, 6.45) is 2.72. The van der Waals surface area contributed by atoms with Crippen LogP contribution in [0.15, 0.2) is 12.4 Å². The van der Waals surface area contributed by atoms with E-state index in [2.05, 4.69) is 15.4 Å². The van der Waals surface area contributed by atoms with E-state index in [9.17, 15) is 13.2 Å². The Morgan fingerprint density at radius 2 is 2.26 bits per heavy atom. The summed E-state index contributed by atoms with van der Waals surface area (Å²) in [6, 6.07) is -0.373. The van der Waals surface area contributed by atoms with Crippen molar-refractivity contribution in [3.63, 3.8) is 0 Å². The van der Waals surface area contributed by atoms with E-state index in [1.54, 1.807) is 6.92 Å². The lowest BCUT2D eigenvalue weighted by molar-refractivity contribution is 0.0706. The second-order valence-electron chi connectivity index (χ2n) is 4.40. The van der Waals surface area contributed by atoms with E-state index in [0.717, 1.165) is 0 Å². The van der Waals surface area contributed by atoms with E-state index in [1.807, 2.05) is 0 Å². The summed E-state index contributed by atoms with van der Waals surface area (Å²) in [5.41, 5.74) is 2.45. The second-order valence-corrected chi connectivity index (χ2v) is 6.62. The summed E-state index contributed by atoms with van der Waals surface area (Å²) in [6.45, 7) is 1.87. The average Bonchev–Trinajstić information content (AvgIpc) is 2.37. The fourth-order valence-electron chi connectivity index (χ4n) is 1.99. The number of hydrogen-bond acceptors (Lipinski definition) is 7. The van der Waals surface area contributed by atoms with Gasteiger partial charge in [0.2, 0.25) is 0 Å². The van der Waals surface area contributed by atoms with E-state index in [1.165, 1.54) is 17.3 Å². The van der Waals surface area contributed by atoms with E-state index in [-0.39, 0.29) is 41.5 Å². The smallest absolute Gasteiger partial charge is 0.274 e. The molecule has 1 aromatic heterocycles. The first-order valence-electron chi connectivity index (χ1n) is 5.73. The summed E-state index contributed by atoms with van der Waals surface area (Å²) >= 11 is 0. The van der Waals surface area contributed by atoms with Gasteiger partial charge in [-0.1, -0.05) is 0 Å². The minimum atomic E-state index is -3.06. The third-order valence-electron chi connectivity index (χ3n) is 2.93. The molecule has 3 N–H and O–H groups in total. The topological polar surface area (TPSA) is 118 Å². The number of anilines is 1. The van der Waals surface area contributed by atoms with Crippen LogP contribution in [0.4, 0.5) is 5.82 Å². The van der Waals surface area contributed by atoms with Crippen molar-refractivity contribution in [2.24, 2.45) is 5.84 Å². The minimum Gasteiger partial charge on any atom is -0.333 e. The number of nitrogen functional groups attached to an aromatic ring is 1. The molecular formula is C10H15N5O3S. The van der Waals surface area contributed by atoms with Crippen molar-refractivity contribution < 1.29 is 13.2 Å². The van der Waals surface area contributed by atoms with Gasteiger partial charge in [0, 0.05) is 12.6 Å². The van der Waals surface area contributed by atoms with Gasteiger partial charge in [0.1, 0.15) is 5.69 Å². The van der Waals surface area contributed by atoms with E-state index in [0.29, 0.717) is 0 Å². The fourth-order valence-corrected chi connectivity index (χ4v) is 3.54. The van der Waals surface area contributed by atoms with Crippen LogP contribution in [0.1, 0.15) is 17.4 Å². The zero-order valence-corrected chi connectivity index (χ0v) is 11.2. The number of nitrogens with two attached hydrogens (primary N) is 1. The van der Waals surface area contributed by atoms with Crippen LogP contribution in [-0.4, -0.2) is 53.3 Å². The maximum atomic E-state index is 12.2. The molecule has 1 atom stereocenters. The Hall–Kier alpha value is -1.74. The van der Waals surface area contributed by atoms with Gasteiger partial charge < -0.3 is 10.3 Å². The highest BCUT2D eigenvalue weighted by Gasteiger charge is 2.32. The van der Waals surface area contributed by atoms with Crippen LogP contribution >= 0.6 is 0 Å². The Bertz CT molecular complexity index is 589. The van der Waals surface area contributed by atoms with Crippen molar-refractivity contribution in [3.8, 4) is 0 Å². The van der Waals surface area contributed by atoms with Crippen molar-refractivity contribution in [2.75, 3.05) is 23.5 Å². The molecule has 2 rings (SSSR count). The molecule has 104 valence electrons. The normalized spacial score (nSPS) is 22.0. The molecule has 0 saturated carbocycles. The largest absolute Gasteiger partial charge is 0.333 e. The number of nitrogens with zero attached hydrogens (tertiary/aromatic N) is 3. The third kappa shape index (κ3) is 2.99. The predicted molar refractivity (Wildman–Crippen MR) is 69.0 cm³/mol. The molecule has 19 heavy (non-hydrogen) atoms. The molecule has 1 amide bonds. The van der Waals surface area contributed by atoms with Gasteiger partial charge in [-0.05, 0) is 6.92 Å². The van der Waals surface area contributed by atoms with Gasteiger partial charge in [-0.15, -0.1) is 0 Å². The maximum absolute atomic E-state index is 12.2. The number of amides is 1. The summed E-state index contributed by atoms with van der Waals surface area (Å²) in [5, 5.41) is 0. The Morgan fingerprint density at radius 3 is 2.89 bits per heavy atom. The van der Waals surface area contributed by atoms with Crippen LogP contribution in [0.2, 0.25) is 0 Å². The molecule has 0 bridgehead atoms. The molecule has 0 radical (unpaired) electrons. The number of rotatable bonds is 2. The van der Waals surface area contributed by atoms with Crippen molar-refractivity contribution in [1.29, 1.82) is 0 Å². The van der Waals surface area contributed by atoms with Crippen LogP contribution in [0.3, 0.4) is 0 Å². The Morgan fingerprint density at radius 1 is 1.53 bits per heavy atom. The molecule has 1 saturated heterocycles. The van der Waals surface area contributed by atoms with Gasteiger partial charge in [0.15, 0.2) is 15.7 Å². The van der Waals surface area contributed by atoms with Gasteiger partial charge in [-0.25, -0.2) is 19.2 Å². The van der Waals surface area contributed by atoms with E-state index < -0.39 is 9.84 Å². The van der Waals surface area contributed by atoms with Crippen molar-refractivity contribution in [2.45, 2.75) is 13.0 Å². The molecular weight excluding hydrogens is 270 g/mol. The lowest BCUT2D eigenvalue weighted by atomic mass is 10.2. The van der Waals surface area contributed by atoms with Gasteiger partial charge in [-0.2, -0.15) is 0 Å². The summed E-state index contributed by atoms with van der Waals surface area (Å²) in [4.78, 5) is 21.6. The third-order valence-corrected chi connectivity index (χ3v) is 4.73. The fraction of sp³-hybridized carbons (Fsp3) is 0.500. The summed E-state index contributed by atoms with van der Waals surface area (Å²) < 4.78 is 22.9. The van der Waals surface area contributed by atoms with Gasteiger partial charge >= 0.3 is 0 Å². The van der Waals surface area contributed by atoms with Gasteiger partial charge in [0.25, 0.3) is 5.91 Å². The zero-order valence-electron chi connectivity index (χ0n) is 10.4. The van der Waals surface area contributed by atoms with E-state index >= 15 is 0 Å². The molecule has 1 aliphatic rings. The van der Waals surface area contributed by atoms with Gasteiger partial charge in [0.05, 0.1) is 23.9 Å². The minimum absolute atomic E-state index is 0.0225. The number of hydrazine groups is 1.